The number of nitrogens with zero attached hydrogens (tertiary/aromatic N) is 1. The third kappa shape index (κ3) is 7.61. The summed E-state index contributed by atoms with van der Waals surface area (Å²) >= 11 is 0. The maximum Gasteiger partial charge on any atom is 0.378 e. The van der Waals surface area contributed by atoms with Gasteiger partial charge in [0.2, 0.25) is 16.6 Å². The molecular weight excluding hydrogens is 500 g/mol. The van der Waals surface area contributed by atoms with Crippen molar-refractivity contribution in [2.45, 2.75) is 12.3 Å². The first-order valence-corrected chi connectivity index (χ1v) is 12.7. The monoisotopic (exact) mass is 529 g/mol. The van der Waals surface area contributed by atoms with Gasteiger partial charge >= 0.3 is 5.97 Å². The Morgan fingerprint density at radius 3 is 2.11 bits per heavy atom. The lowest BCUT2D eigenvalue weighted by Gasteiger charge is -2.13. The summed E-state index contributed by atoms with van der Waals surface area (Å²) in [5.74, 6) is 0.960. The van der Waals surface area contributed by atoms with Gasteiger partial charge in [-0.2, -0.15) is 4.57 Å². The Morgan fingerprint density at radius 1 is 0.865 bits per heavy atom. The van der Waals surface area contributed by atoms with Gasteiger partial charge in [0, 0.05) is 30.5 Å². The molecule has 0 bridgehead atoms. The normalized spacial score (nSPS) is 11.1. The van der Waals surface area contributed by atoms with Gasteiger partial charge in [-0.1, -0.05) is 12.1 Å². The second-order valence-corrected chi connectivity index (χ2v) is 9.42. The van der Waals surface area contributed by atoms with E-state index in [2.05, 4.69) is 4.72 Å². The summed E-state index contributed by atoms with van der Waals surface area (Å²) < 4.78 is 56.2. The number of esters is 1. The third-order valence-electron chi connectivity index (χ3n) is 5.15. The summed E-state index contributed by atoms with van der Waals surface area (Å²) in [6.07, 6.45) is 6.27. The molecule has 3 aromatic rings. The molecule has 1 heterocycles. The molecular formula is C26H29N2O8S+. The summed E-state index contributed by atoms with van der Waals surface area (Å²) in [4.78, 5) is 12.4. The molecule has 0 fully saturated rings. The van der Waals surface area contributed by atoms with Crippen molar-refractivity contribution in [2.75, 3.05) is 28.4 Å². The third-order valence-corrected chi connectivity index (χ3v) is 6.36. The van der Waals surface area contributed by atoms with Crippen LogP contribution in [0, 0.1) is 0 Å². The summed E-state index contributed by atoms with van der Waals surface area (Å²) in [6, 6.07) is 13.3. The molecule has 0 unspecified atom stereocenters. The number of nitrogens with one attached hydrogen (secondary N) is 1. The van der Waals surface area contributed by atoms with Crippen LogP contribution in [-0.2, 0) is 27.1 Å². The average Bonchev–Trinajstić information content (AvgIpc) is 2.88. The fourth-order valence-corrected chi connectivity index (χ4v) is 4.39. The number of rotatable bonds is 12. The first-order chi connectivity index (χ1) is 17.8. The van der Waals surface area contributed by atoms with Crippen molar-refractivity contribution in [1.82, 2.24) is 4.72 Å². The molecule has 0 amide bonds. The van der Waals surface area contributed by atoms with Crippen molar-refractivity contribution in [3.8, 4) is 28.7 Å². The summed E-state index contributed by atoms with van der Waals surface area (Å²) in [6.45, 7) is -0.0167. The van der Waals surface area contributed by atoms with Crippen molar-refractivity contribution in [3.05, 3.63) is 78.3 Å². The highest BCUT2D eigenvalue weighted by atomic mass is 32.2. The van der Waals surface area contributed by atoms with Crippen LogP contribution in [0.2, 0.25) is 0 Å². The van der Waals surface area contributed by atoms with E-state index in [1.165, 1.54) is 46.8 Å². The fraction of sp³-hybridized carbons (Fsp3) is 0.231. The molecule has 1 N–H and O–H groups in total. The lowest BCUT2D eigenvalue weighted by atomic mass is 10.1. The fourth-order valence-electron chi connectivity index (χ4n) is 3.41. The second kappa shape index (κ2) is 12.6. The zero-order valence-corrected chi connectivity index (χ0v) is 21.8. The number of hydrogen-bond acceptors (Lipinski definition) is 8. The highest BCUT2D eigenvalue weighted by Crippen LogP contribution is 2.35. The van der Waals surface area contributed by atoms with E-state index in [-0.39, 0.29) is 18.0 Å². The molecule has 0 aliphatic heterocycles. The molecule has 0 radical (unpaired) electrons. The smallest absolute Gasteiger partial charge is 0.378 e. The molecule has 2 aromatic carbocycles. The topological polar surface area (TPSA) is 113 Å². The molecule has 10 nitrogen and oxygen atoms in total. The van der Waals surface area contributed by atoms with Gasteiger partial charge in [0.15, 0.2) is 23.9 Å². The molecule has 196 valence electrons. The lowest BCUT2D eigenvalue weighted by molar-refractivity contribution is -0.685. The van der Waals surface area contributed by atoms with E-state index in [1.807, 2.05) is 6.07 Å². The van der Waals surface area contributed by atoms with Crippen LogP contribution >= 0.6 is 0 Å². The van der Waals surface area contributed by atoms with Gasteiger partial charge in [-0.25, -0.2) is 13.2 Å². The summed E-state index contributed by atoms with van der Waals surface area (Å²) in [5.41, 5.74) is 0.930. The van der Waals surface area contributed by atoms with Crippen molar-refractivity contribution in [3.63, 3.8) is 0 Å². The van der Waals surface area contributed by atoms with E-state index < -0.39 is 16.0 Å². The zero-order chi connectivity index (χ0) is 26.8. The van der Waals surface area contributed by atoms with Crippen molar-refractivity contribution in [2.24, 2.45) is 0 Å². The maximum absolute atomic E-state index is 12.7. The van der Waals surface area contributed by atoms with Crippen LogP contribution in [0.5, 0.6) is 28.7 Å². The van der Waals surface area contributed by atoms with Gasteiger partial charge in [-0.3, -0.25) is 4.72 Å². The molecule has 37 heavy (non-hydrogen) atoms. The van der Waals surface area contributed by atoms with Crippen LogP contribution in [0.15, 0.2) is 67.1 Å². The second-order valence-electron chi connectivity index (χ2n) is 7.66. The predicted octanol–water partition coefficient (Wildman–Crippen LogP) is 2.70. The summed E-state index contributed by atoms with van der Waals surface area (Å²) in [5, 5.41) is 0. The van der Waals surface area contributed by atoms with E-state index >= 15 is 0 Å². The van der Waals surface area contributed by atoms with Crippen molar-refractivity contribution < 1.29 is 41.5 Å². The van der Waals surface area contributed by atoms with Gasteiger partial charge in [-0.15, -0.1) is 0 Å². The Morgan fingerprint density at radius 2 is 1.51 bits per heavy atom. The molecule has 11 heteroatoms. The van der Waals surface area contributed by atoms with E-state index in [0.29, 0.717) is 34.1 Å². The molecule has 3 rings (SSSR count). The van der Waals surface area contributed by atoms with Crippen LogP contribution in [-0.4, -0.2) is 42.8 Å². The van der Waals surface area contributed by atoms with Crippen molar-refractivity contribution in [1.29, 1.82) is 0 Å². The van der Waals surface area contributed by atoms with Crippen molar-refractivity contribution >= 4 is 22.1 Å². The highest BCUT2D eigenvalue weighted by Gasteiger charge is 2.18. The lowest BCUT2D eigenvalue weighted by Crippen LogP contribution is -2.38. The van der Waals surface area contributed by atoms with E-state index in [0.717, 1.165) is 0 Å². The Balaban J connectivity index is 1.73. The number of ether oxygens (including phenoxy) is 5. The average molecular weight is 530 g/mol. The Kier molecular flexibility index (Phi) is 9.33. The highest BCUT2D eigenvalue weighted by molar-refractivity contribution is 7.88. The number of methoxy groups -OCH3 is 4. The van der Waals surface area contributed by atoms with Crippen LogP contribution < -0.4 is 33.0 Å². The zero-order valence-electron chi connectivity index (χ0n) is 21.0. The summed E-state index contributed by atoms with van der Waals surface area (Å²) in [7, 11) is 2.13. The van der Waals surface area contributed by atoms with Gasteiger partial charge in [0.25, 0.3) is 0 Å². The van der Waals surface area contributed by atoms with E-state index in [9.17, 15) is 13.2 Å². The number of carbonyl (C=O) groups excluding carboxylic acids is 1. The number of hydrogen-bond donors (Lipinski definition) is 1. The largest absolute Gasteiger partial charge is 0.496 e. The molecule has 1 aromatic heterocycles. The van der Waals surface area contributed by atoms with Crippen LogP contribution in [0.1, 0.15) is 11.1 Å². The van der Waals surface area contributed by atoms with E-state index in [1.54, 1.807) is 53.4 Å². The minimum atomic E-state index is -3.80. The number of aromatic nitrogens is 1. The molecule has 0 aliphatic rings. The molecule has 0 aliphatic carbocycles. The quantitative estimate of drug-likeness (QED) is 0.217. The SMILES string of the molecule is COc1cc(OC)c(/C=C/NS(=O)(=O)Cc2ccc(OC)c(OC(=O)C[n+]3ccccc3)c2)c(OC)c1. The Labute approximate surface area is 216 Å². The first kappa shape index (κ1) is 27.3. The van der Waals surface area contributed by atoms with E-state index in [4.69, 9.17) is 23.7 Å². The number of carbonyl (C=O) groups is 1. The molecule has 0 saturated carbocycles. The van der Waals surface area contributed by atoms with Gasteiger partial charge in [0.05, 0.1) is 39.8 Å². The molecule has 0 saturated heterocycles. The number of sulfonamides is 1. The number of benzene rings is 2. The number of pyridine rings is 1. The van der Waals surface area contributed by atoms with Crippen LogP contribution in [0.3, 0.4) is 0 Å². The van der Waals surface area contributed by atoms with Crippen LogP contribution in [0.4, 0.5) is 0 Å². The minimum absolute atomic E-state index is 0.0167. The minimum Gasteiger partial charge on any atom is -0.496 e. The first-order valence-electron chi connectivity index (χ1n) is 11.1. The maximum atomic E-state index is 12.7. The molecule has 0 atom stereocenters. The molecule has 0 spiro atoms. The van der Waals surface area contributed by atoms with Gasteiger partial charge in [-0.05, 0) is 23.8 Å². The predicted molar refractivity (Wildman–Crippen MR) is 136 cm³/mol. The van der Waals surface area contributed by atoms with Crippen LogP contribution in [0.25, 0.3) is 6.08 Å². The standard InChI is InChI=1S/C26H29N2O8S/c1-32-20-15-23(34-3)21(24(16-20)35-4)10-11-27-37(30,31)18-19-8-9-22(33-2)25(14-19)36-26(29)17-28-12-6-5-7-13-28/h5-16,27H,17-18H2,1-4H3/q+1/b11-10+. The Bertz CT molecular complexity index is 1330. The van der Waals surface area contributed by atoms with Gasteiger partial charge < -0.3 is 23.7 Å². The Hall–Kier alpha value is -4.25. The van der Waals surface area contributed by atoms with Gasteiger partial charge in [0.1, 0.15) is 17.2 Å².